The van der Waals surface area contributed by atoms with Gasteiger partial charge in [-0.25, -0.2) is 9.48 Å². The molecule has 3 aromatic carbocycles. The summed E-state index contributed by atoms with van der Waals surface area (Å²) in [6, 6.07) is 16.8. The van der Waals surface area contributed by atoms with Crippen molar-refractivity contribution in [3.63, 3.8) is 0 Å². The fourth-order valence-corrected chi connectivity index (χ4v) is 3.75. The Balaban J connectivity index is 0.000000559. The number of phenolic OH excluding ortho intramolecular Hbond substituents is 1. The van der Waals surface area contributed by atoms with Crippen LogP contribution in [-0.4, -0.2) is 62.5 Å². The maximum Gasteiger partial charge on any atom is 0.335 e. The summed E-state index contributed by atoms with van der Waals surface area (Å²) in [4.78, 5) is 24.2. The minimum absolute atomic E-state index is 0.105. The van der Waals surface area contributed by atoms with Gasteiger partial charge in [-0.05, 0) is 67.8 Å². The van der Waals surface area contributed by atoms with Crippen molar-refractivity contribution in [1.29, 1.82) is 0 Å². The lowest BCUT2D eigenvalue weighted by Crippen LogP contribution is -2.21. The van der Waals surface area contributed by atoms with Gasteiger partial charge in [0, 0.05) is 18.7 Å². The molecule has 210 valence electrons. The predicted octanol–water partition coefficient (Wildman–Crippen LogP) is 4.14. The molecule has 11 heteroatoms. The second-order valence-electron chi connectivity index (χ2n) is 8.95. The molecule has 0 aliphatic carbocycles. The van der Waals surface area contributed by atoms with Crippen LogP contribution >= 0.6 is 0 Å². The van der Waals surface area contributed by atoms with Gasteiger partial charge in [0.1, 0.15) is 5.69 Å². The number of para-hydroxylation sites is 1. The molecule has 0 radical (unpaired) electrons. The van der Waals surface area contributed by atoms with Crippen molar-refractivity contribution in [3.05, 3.63) is 93.4 Å². The highest BCUT2D eigenvalue weighted by Gasteiger charge is 2.14. The number of azo groups is 1. The molecule has 4 aromatic rings. The summed E-state index contributed by atoms with van der Waals surface area (Å²) in [5.74, 6) is -1.22. The van der Waals surface area contributed by atoms with Gasteiger partial charge >= 0.3 is 5.97 Å². The standard InChI is InChI=1S/C25H22N4O4.C4H11NO2/c1-14-10-11-19(12-15(14)2)29-24(31)22(16(3)28-29)27-26-21-9-5-8-20(23(21)30)17-6-4-7-18(13-17)25(32)33;6-3-1-5-2-4-7/h4-13,28,30H,1-3H3,(H,32,33);5-7H,1-4H2. The number of aromatic carboxylic acids is 1. The van der Waals surface area contributed by atoms with E-state index in [1.807, 2.05) is 32.0 Å². The zero-order valence-corrected chi connectivity index (χ0v) is 22.5. The van der Waals surface area contributed by atoms with E-state index in [0.717, 1.165) is 11.1 Å². The number of benzene rings is 3. The highest BCUT2D eigenvalue weighted by atomic mass is 16.4. The van der Waals surface area contributed by atoms with Crippen molar-refractivity contribution in [2.24, 2.45) is 10.2 Å². The van der Waals surface area contributed by atoms with Gasteiger partial charge in [0.05, 0.1) is 30.2 Å². The van der Waals surface area contributed by atoms with Crippen molar-refractivity contribution < 1.29 is 25.2 Å². The number of carbonyl (C=O) groups is 1. The number of H-pyrrole nitrogens is 1. The Labute approximate surface area is 231 Å². The van der Waals surface area contributed by atoms with Crippen LogP contribution in [0.15, 0.2) is 75.7 Å². The average molecular weight is 548 g/mol. The van der Waals surface area contributed by atoms with Gasteiger partial charge < -0.3 is 25.7 Å². The Morgan fingerprint density at radius 3 is 2.27 bits per heavy atom. The number of aliphatic hydroxyl groups is 2. The van der Waals surface area contributed by atoms with Gasteiger partial charge in [-0.2, -0.15) is 0 Å². The zero-order chi connectivity index (χ0) is 29.2. The molecular formula is C29H33N5O6. The second kappa shape index (κ2) is 14.0. The van der Waals surface area contributed by atoms with Crippen LogP contribution in [0.2, 0.25) is 0 Å². The molecular weight excluding hydrogens is 514 g/mol. The van der Waals surface area contributed by atoms with Crippen LogP contribution in [-0.2, 0) is 0 Å². The first-order valence-electron chi connectivity index (χ1n) is 12.6. The van der Waals surface area contributed by atoms with E-state index < -0.39 is 5.97 Å². The van der Waals surface area contributed by atoms with Crippen LogP contribution < -0.4 is 10.9 Å². The molecule has 0 saturated carbocycles. The summed E-state index contributed by atoms with van der Waals surface area (Å²) >= 11 is 0. The Hall–Kier alpha value is -4.58. The molecule has 0 amide bonds. The van der Waals surface area contributed by atoms with Gasteiger partial charge in [0.25, 0.3) is 5.56 Å². The number of nitrogens with zero attached hydrogens (tertiary/aromatic N) is 3. The summed E-state index contributed by atoms with van der Waals surface area (Å²) in [6.07, 6.45) is 0. The molecule has 1 heterocycles. The fraction of sp³-hybridized carbons (Fsp3) is 0.241. The summed E-state index contributed by atoms with van der Waals surface area (Å²) in [7, 11) is 0. The van der Waals surface area contributed by atoms with E-state index in [0.29, 0.717) is 35.6 Å². The van der Waals surface area contributed by atoms with Crippen molar-refractivity contribution in [3.8, 4) is 22.6 Å². The fourth-order valence-electron chi connectivity index (χ4n) is 3.75. The molecule has 0 fully saturated rings. The van der Waals surface area contributed by atoms with Crippen molar-refractivity contribution in [1.82, 2.24) is 15.1 Å². The molecule has 4 rings (SSSR count). The molecule has 40 heavy (non-hydrogen) atoms. The number of carboxylic acids is 1. The Morgan fingerprint density at radius 2 is 1.62 bits per heavy atom. The van der Waals surface area contributed by atoms with Crippen molar-refractivity contribution in [2.75, 3.05) is 26.3 Å². The van der Waals surface area contributed by atoms with Gasteiger partial charge in [0.2, 0.25) is 0 Å². The highest BCUT2D eigenvalue weighted by molar-refractivity contribution is 5.90. The first kappa shape index (κ1) is 30.0. The molecule has 1 aromatic heterocycles. The molecule has 6 N–H and O–H groups in total. The quantitative estimate of drug-likeness (QED) is 0.135. The lowest BCUT2D eigenvalue weighted by Gasteiger charge is -2.07. The van der Waals surface area contributed by atoms with Crippen molar-refractivity contribution >= 4 is 17.3 Å². The molecule has 0 spiro atoms. The SMILES string of the molecule is Cc1ccc(-n2[nH]c(C)c(N=Nc3cccc(-c4cccc(C(=O)O)c4)c3O)c2=O)cc1C.OCCNCCO. The molecule has 0 saturated heterocycles. The predicted molar refractivity (Wildman–Crippen MR) is 152 cm³/mol. The van der Waals surface area contributed by atoms with Crippen LogP contribution in [0.3, 0.4) is 0 Å². The minimum Gasteiger partial charge on any atom is -0.505 e. The van der Waals surface area contributed by atoms with Crippen LogP contribution in [0, 0.1) is 20.8 Å². The van der Waals surface area contributed by atoms with E-state index in [4.69, 9.17) is 10.2 Å². The number of hydrogen-bond donors (Lipinski definition) is 6. The maximum absolute atomic E-state index is 12.9. The Bertz CT molecular complexity index is 1550. The second-order valence-corrected chi connectivity index (χ2v) is 8.95. The van der Waals surface area contributed by atoms with Crippen LogP contribution in [0.4, 0.5) is 11.4 Å². The average Bonchev–Trinajstić information content (AvgIpc) is 3.23. The van der Waals surface area contributed by atoms with E-state index in [1.165, 1.54) is 16.8 Å². The number of phenols is 1. The van der Waals surface area contributed by atoms with Crippen LogP contribution in [0.25, 0.3) is 16.8 Å². The van der Waals surface area contributed by atoms with Gasteiger partial charge in [0.15, 0.2) is 11.4 Å². The third kappa shape index (κ3) is 7.29. The molecule has 0 bridgehead atoms. The van der Waals surface area contributed by atoms with Crippen LogP contribution in [0.5, 0.6) is 5.75 Å². The molecule has 0 atom stereocenters. The summed E-state index contributed by atoms with van der Waals surface area (Å²) in [6.45, 7) is 7.12. The first-order chi connectivity index (χ1) is 19.2. The number of aliphatic hydroxyl groups excluding tert-OH is 2. The van der Waals surface area contributed by atoms with E-state index in [1.54, 1.807) is 37.3 Å². The first-order valence-corrected chi connectivity index (χ1v) is 12.6. The molecule has 0 aliphatic rings. The number of aryl methyl sites for hydroxylation is 3. The monoisotopic (exact) mass is 547 g/mol. The number of rotatable bonds is 9. The largest absolute Gasteiger partial charge is 0.505 e. The molecule has 0 unspecified atom stereocenters. The van der Waals surface area contributed by atoms with Gasteiger partial charge in [-0.15, -0.1) is 10.2 Å². The summed E-state index contributed by atoms with van der Waals surface area (Å²) < 4.78 is 1.41. The third-order valence-electron chi connectivity index (χ3n) is 6.06. The van der Waals surface area contributed by atoms with Gasteiger partial charge in [-0.3, -0.25) is 9.89 Å². The third-order valence-corrected chi connectivity index (χ3v) is 6.06. The summed E-state index contributed by atoms with van der Waals surface area (Å²) in [5.41, 5.74) is 4.38. The smallest absolute Gasteiger partial charge is 0.335 e. The highest BCUT2D eigenvalue weighted by Crippen LogP contribution is 2.38. The number of hydrogen-bond acceptors (Lipinski definition) is 8. The number of nitrogens with one attached hydrogen (secondary N) is 2. The topological polar surface area (TPSA) is 173 Å². The number of aromatic amines is 1. The Kier molecular flexibility index (Phi) is 10.5. The summed E-state index contributed by atoms with van der Waals surface area (Å²) in [5, 5.41) is 50.3. The number of carboxylic acid groups (broad SMARTS) is 1. The molecule has 0 aliphatic heterocycles. The van der Waals surface area contributed by atoms with Crippen molar-refractivity contribution in [2.45, 2.75) is 20.8 Å². The lowest BCUT2D eigenvalue weighted by molar-refractivity contribution is 0.0697. The maximum atomic E-state index is 12.9. The van der Waals surface area contributed by atoms with Crippen LogP contribution in [0.1, 0.15) is 27.2 Å². The van der Waals surface area contributed by atoms with E-state index in [-0.39, 0.29) is 41.5 Å². The number of aromatic nitrogens is 2. The van der Waals surface area contributed by atoms with E-state index in [9.17, 15) is 19.8 Å². The normalized spacial score (nSPS) is 10.9. The Morgan fingerprint density at radius 1 is 0.925 bits per heavy atom. The number of aromatic hydroxyl groups is 1. The zero-order valence-electron chi connectivity index (χ0n) is 22.5. The van der Waals surface area contributed by atoms with E-state index in [2.05, 4.69) is 20.6 Å². The minimum atomic E-state index is -1.06. The van der Waals surface area contributed by atoms with E-state index >= 15 is 0 Å². The lowest BCUT2D eigenvalue weighted by atomic mass is 10.0. The van der Waals surface area contributed by atoms with Gasteiger partial charge in [-0.1, -0.05) is 30.3 Å². The molecule has 11 nitrogen and oxygen atoms in total.